The van der Waals surface area contributed by atoms with Crippen LogP contribution in [0.2, 0.25) is 5.02 Å². The highest BCUT2D eigenvalue weighted by Gasteiger charge is 2.32. The summed E-state index contributed by atoms with van der Waals surface area (Å²) in [5.74, 6) is -1.47. The lowest BCUT2D eigenvalue weighted by Crippen LogP contribution is -2.34. The molecule has 3 aromatic carbocycles. The molecule has 0 radical (unpaired) electrons. The maximum absolute atomic E-state index is 13.6. The third kappa shape index (κ3) is 5.31. The summed E-state index contributed by atoms with van der Waals surface area (Å²) in [7, 11) is -3.95. The fourth-order valence-electron chi connectivity index (χ4n) is 3.33. The summed E-state index contributed by atoms with van der Waals surface area (Å²) in [5, 5.41) is 9.52. The van der Waals surface area contributed by atoms with E-state index in [1.807, 2.05) is 6.92 Å². The molecule has 3 aromatic rings. The first-order valence-electron chi connectivity index (χ1n) is 9.57. The van der Waals surface area contributed by atoms with Crippen LogP contribution in [0.15, 0.2) is 77.7 Å². The molecule has 0 aliphatic heterocycles. The van der Waals surface area contributed by atoms with Gasteiger partial charge in [0.2, 0.25) is 10.0 Å². The van der Waals surface area contributed by atoms with E-state index < -0.39 is 27.9 Å². The number of hydrogen-bond acceptors (Lipinski definition) is 3. The van der Waals surface area contributed by atoms with Gasteiger partial charge in [0.25, 0.3) is 0 Å². The Morgan fingerprint density at radius 1 is 1.00 bits per heavy atom. The molecule has 0 aliphatic rings. The number of carboxylic acids is 1. The average molecular weight is 462 g/mol. The molecule has 0 bridgehead atoms. The molecule has 1 atom stereocenters. The lowest BCUT2D eigenvalue weighted by molar-refractivity contribution is 0.0697. The minimum absolute atomic E-state index is 0.0146. The van der Waals surface area contributed by atoms with Gasteiger partial charge in [0.05, 0.1) is 16.5 Å². The number of carbonyl (C=O) groups is 1. The van der Waals surface area contributed by atoms with Crippen LogP contribution in [-0.2, 0) is 16.6 Å². The van der Waals surface area contributed by atoms with Gasteiger partial charge >= 0.3 is 5.97 Å². The molecule has 3 rings (SSSR count). The number of rotatable bonds is 8. The number of benzene rings is 3. The van der Waals surface area contributed by atoms with Gasteiger partial charge < -0.3 is 5.11 Å². The minimum atomic E-state index is -3.95. The van der Waals surface area contributed by atoms with E-state index in [0.29, 0.717) is 22.6 Å². The minimum Gasteiger partial charge on any atom is -0.478 e. The molecular weight excluding hydrogens is 441 g/mol. The molecule has 0 fully saturated rings. The van der Waals surface area contributed by atoms with Crippen molar-refractivity contribution in [2.75, 3.05) is 0 Å². The summed E-state index contributed by atoms with van der Waals surface area (Å²) in [4.78, 5) is 11.2. The van der Waals surface area contributed by atoms with Crippen LogP contribution in [-0.4, -0.2) is 23.8 Å². The van der Waals surface area contributed by atoms with Gasteiger partial charge in [0.15, 0.2) is 0 Å². The molecule has 0 spiro atoms. The van der Waals surface area contributed by atoms with E-state index in [4.69, 9.17) is 16.7 Å². The Hall–Kier alpha value is -2.74. The van der Waals surface area contributed by atoms with Crippen LogP contribution in [0.3, 0.4) is 0 Å². The lowest BCUT2D eigenvalue weighted by Gasteiger charge is -2.31. The van der Waals surface area contributed by atoms with Gasteiger partial charge in [-0.05, 0) is 66.1 Å². The van der Waals surface area contributed by atoms with Crippen LogP contribution in [0, 0.1) is 5.82 Å². The molecule has 0 saturated heterocycles. The second kappa shape index (κ2) is 9.60. The number of aromatic carboxylic acids is 1. The molecule has 0 aromatic heterocycles. The quantitative estimate of drug-likeness (QED) is 0.479. The molecule has 0 aliphatic carbocycles. The second-order valence-electron chi connectivity index (χ2n) is 6.98. The number of carboxylic acid groups (broad SMARTS) is 1. The highest BCUT2D eigenvalue weighted by molar-refractivity contribution is 7.89. The van der Waals surface area contributed by atoms with Crippen molar-refractivity contribution < 1.29 is 22.7 Å². The van der Waals surface area contributed by atoms with Gasteiger partial charge in [-0.1, -0.05) is 42.8 Å². The van der Waals surface area contributed by atoms with Crippen molar-refractivity contribution in [3.05, 3.63) is 100 Å². The zero-order valence-corrected chi connectivity index (χ0v) is 18.3. The standard InChI is InChI=1S/C23H21ClFNO4S/c1-2-22(17-7-11-20(25)12-8-17)26(15-16-3-5-18(6-4-16)23(27)28)31(29,30)21-13-9-19(24)10-14-21/h3-14,22H,2,15H2,1H3,(H,27,28). The fraction of sp³-hybridized carbons (Fsp3) is 0.174. The van der Waals surface area contributed by atoms with E-state index in [1.54, 1.807) is 24.3 Å². The third-order valence-electron chi connectivity index (χ3n) is 4.95. The molecule has 0 saturated carbocycles. The Bertz CT molecular complexity index is 1150. The van der Waals surface area contributed by atoms with Gasteiger partial charge in [0, 0.05) is 11.6 Å². The van der Waals surface area contributed by atoms with E-state index in [1.165, 1.54) is 52.8 Å². The normalized spacial score (nSPS) is 12.6. The van der Waals surface area contributed by atoms with Gasteiger partial charge in [-0.25, -0.2) is 17.6 Å². The molecular formula is C23H21ClFNO4S. The Morgan fingerprint density at radius 2 is 1.58 bits per heavy atom. The lowest BCUT2D eigenvalue weighted by atomic mass is 10.0. The van der Waals surface area contributed by atoms with Crippen LogP contribution in [0.25, 0.3) is 0 Å². The first-order valence-corrected chi connectivity index (χ1v) is 11.4. The number of sulfonamides is 1. The molecule has 8 heteroatoms. The second-order valence-corrected chi connectivity index (χ2v) is 9.31. The Balaban J connectivity index is 2.06. The van der Waals surface area contributed by atoms with Crippen LogP contribution in [0.5, 0.6) is 0 Å². The first kappa shape index (κ1) is 22.9. The highest BCUT2D eigenvalue weighted by atomic mass is 35.5. The SMILES string of the molecule is CCC(c1ccc(F)cc1)N(Cc1ccc(C(=O)O)cc1)S(=O)(=O)c1ccc(Cl)cc1. The Kier molecular flexibility index (Phi) is 7.10. The summed E-state index contributed by atoms with van der Waals surface area (Å²) in [6.45, 7) is 1.87. The smallest absolute Gasteiger partial charge is 0.335 e. The first-order chi connectivity index (χ1) is 14.7. The summed E-state index contributed by atoms with van der Waals surface area (Å²) < 4.78 is 42.0. The summed E-state index contributed by atoms with van der Waals surface area (Å²) in [6.07, 6.45) is 0.450. The van der Waals surface area contributed by atoms with E-state index in [0.717, 1.165) is 0 Å². The van der Waals surface area contributed by atoms with E-state index in [2.05, 4.69) is 0 Å². The predicted molar refractivity (Wildman–Crippen MR) is 117 cm³/mol. The maximum atomic E-state index is 13.6. The monoisotopic (exact) mass is 461 g/mol. The van der Waals surface area contributed by atoms with Crippen molar-refractivity contribution >= 4 is 27.6 Å². The maximum Gasteiger partial charge on any atom is 0.335 e. The van der Waals surface area contributed by atoms with Crippen molar-refractivity contribution in [1.29, 1.82) is 0 Å². The highest BCUT2D eigenvalue weighted by Crippen LogP contribution is 2.32. The molecule has 5 nitrogen and oxygen atoms in total. The van der Waals surface area contributed by atoms with E-state index in [-0.39, 0.29) is 17.0 Å². The van der Waals surface area contributed by atoms with Crippen LogP contribution >= 0.6 is 11.6 Å². The Morgan fingerprint density at radius 3 is 2.10 bits per heavy atom. The average Bonchev–Trinajstić information content (AvgIpc) is 2.75. The Labute approximate surface area is 185 Å². The summed E-state index contributed by atoms with van der Waals surface area (Å²) in [6, 6.07) is 17.1. The number of nitrogens with zero attached hydrogens (tertiary/aromatic N) is 1. The molecule has 1 N–H and O–H groups in total. The van der Waals surface area contributed by atoms with Crippen molar-refractivity contribution in [1.82, 2.24) is 4.31 Å². The predicted octanol–water partition coefficient (Wildman–Crippen LogP) is 5.52. The molecule has 0 heterocycles. The molecule has 31 heavy (non-hydrogen) atoms. The van der Waals surface area contributed by atoms with Gasteiger partial charge in [-0.2, -0.15) is 4.31 Å². The fourth-order valence-corrected chi connectivity index (χ4v) is 5.13. The van der Waals surface area contributed by atoms with Crippen molar-refractivity contribution in [3.63, 3.8) is 0 Å². The van der Waals surface area contributed by atoms with Crippen LogP contribution < -0.4 is 0 Å². The van der Waals surface area contributed by atoms with E-state index >= 15 is 0 Å². The molecule has 162 valence electrons. The third-order valence-corrected chi connectivity index (χ3v) is 7.07. The number of halogens is 2. The van der Waals surface area contributed by atoms with Crippen LogP contribution in [0.4, 0.5) is 4.39 Å². The van der Waals surface area contributed by atoms with Crippen LogP contribution in [0.1, 0.15) is 40.9 Å². The van der Waals surface area contributed by atoms with Gasteiger partial charge in [0.1, 0.15) is 5.82 Å². The summed E-state index contributed by atoms with van der Waals surface area (Å²) in [5.41, 5.74) is 1.40. The van der Waals surface area contributed by atoms with E-state index in [9.17, 15) is 17.6 Å². The van der Waals surface area contributed by atoms with Crippen molar-refractivity contribution in [2.45, 2.75) is 30.8 Å². The summed E-state index contributed by atoms with van der Waals surface area (Å²) >= 11 is 5.92. The molecule has 0 amide bonds. The van der Waals surface area contributed by atoms with Gasteiger partial charge in [-0.15, -0.1) is 0 Å². The topological polar surface area (TPSA) is 74.7 Å². The van der Waals surface area contributed by atoms with Crippen molar-refractivity contribution in [3.8, 4) is 0 Å². The largest absolute Gasteiger partial charge is 0.478 e. The molecule has 1 unspecified atom stereocenters. The van der Waals surface area contributed by atoms with Gasteiger partial charge in [-0.3, -0.25) is 0 Å². The zero-order chi connectivity index (χ0) is 22.6. The van der Waals surface area contributed by atoms with Crippen molar-refractivity contribution in [2.24, 2.45) is 0 Å². The number of hydrogen-bond donors (Lipinski definition) is 1. The zero-order valence-electron chi connectivity index (χ0n) is 16.7.